The SMILES string of the molecule is CCCCCc1cccc(CN(CCC(=O)O)Cc2ccc(C)o2)c1. The fourth-order valence-corrected chi connectivity index (χ4v) is 2.98. The van der Waals surface area contributed by atoms with Crippen molar-refractivity contribution in [1.29, 1.82) is 0 Å². The van der Waals surface area contributed by atoms with Crippen molar-refractivity contribution in [3.05, 3.63) is 59.0 Å². The third kappa shape index (κ3) is 7.14. The fraction of sp³-hybridized carbons (Fsp3) is 0.476. The molecule has 25 heavy (non-hydrogen) atoms. The Bertz CT molecular complexity index is 663. The molecular formula is C21H29NO3. The Hall–Kier alpha value is -2.07. The predicted octanol–water partition coefficient (Wildman–Crippen LogP) is 4.80. The topological polar surface area (TPSA) is 53.7 Å². The van der Waals surface area contributed by atoms with Gasteiger partial charge in [0.25, 0.3) is 0 Å². The molecule has 0 bridgehead atoms. The lowest BCUT2D eigenvalue weighted by Gasteiger charge is -2.21. The summed E-state index contributed by atoms with van der Waals surface area (Å²) in [5.74, 6) is 0.988. The van der Waals surface area contributed by atoms with Crippen LogP contribution in [0.2, 0.25) is 0 Å². The Kier molecular flexibility index (Phi) is 7.74. The monoisotopic (exact) mass is 343 g/mol. The highest BCUT2D eigenvalue weighted by molar-refractivity contribution is 5.66. The average Bonchev–Trinajstić information content (AvgIpc) is 2.98. The van der Waals surface area contributed by atoms with E-state index in [-0.39, 0.29) is 6.42 Å². The highest BCUT2D eigenvalue weighted by Gasteiger charge is 2.12. The third-order valence-corrected chi connectivity index (χ3v) is 4.28. The number of furan rings is 1. The normalized spacial score (nSPS) is 11.2. The highest BCUT2D eigenvalue weighted by atomic mass is 16.4. The number of carboxylic acids is 1. The Balaban J connectivity index is 2.01. The molecule has 0 aliphatic carbocycles. The van der Waals surface area contributed by atoms with Crippen LogP contribution < -0.4 is 0 Å². The van der Waals surface area contributed by atoms with Crippen molar-refractivity contribution in [3.63, 3.8) is 0 Å². The van der Waals surface area contributed by atoms with Crippen LogP contribution >= 0.6 is 0 Å². The summed E-state index contributed by atoms with van der Waals surface area (Å²) in [5.41, 5.74) is 2.58. The number of aryl methyl sites for hydroxylation is 2. The quantitative estimate of drug-likeness (QED) is 0.596. The van der Waals surface area contributed by atoms with Crippen LogP contribution in [-0.2, 0) is 24.3 Å². The molecule has 4 heteroatoms. The van der Waals surface area contributed by atoms with Gasteiger partial charge in [-0.3, -0.25) is 9.69 Å². The molecule has 0 unspecified atom stereocenters. The lowest BCUT2D eigenvalue weighted by Crippen LogP contribution is -2.25. The standard InChI is InChI=1S/C21H29NO3/c1-3-4-5-7-18-8-6-9-19(14-18)15-22(13-12-21(23)24)16-20-11-10-17(2)25-20/h6,8-11,14H,3-5,7,12-13,15-16H2,1-2H3,(H,23,24). The summed E-state index contributed by atoms with van der Waals surface area (Å²) in [5, 5.41) is 9.01. The highest BCUT2D eigenvalue weighted by Crippen LogP contribution is 2.15. The fourth-order valence-electron chi connectivity index (χ4n) is 2.98. The maximum Gasteiger partial charge on any atom is 0.304 e. The minimum atomic E-state index is -0.769. The molecular weight excluding hydrogens is 314 g/mol. The van der Waals surface area contributed by atoms with Crippen LogP contribution in [0.4, 0.5) is 0 Å². The molecule has 0 amide bonds. The first-order valence-corrected chi connectivity index (χ1v) is 9.14. The van der Waals surface area contributed by atoms with E-state index < -0.39 is 5.97 Å². The van der Waals surface area contributed by atoms with Gasteiger partial charge in [-0.2, -0.15) is 0 Å². The minimum Gasteiger partial charge on any atom is -0.481 e. The number of unbranched alkanes of at least 4 members (excludes halogenated alkanes) is 2. The molecule has 0 saturated carbocycles. The van der Waals surface area contributed by atoms with Gasteiger partial charge in [0.1, 0.15) is 11.5 Å². The molecule has 1 aromatic heterocycles. The number of hydrogen-bond donors (Lipinski definition) is 1. The van der Waals surface area contributed by atoms with E-state index in [1.807, 2.05) is 19.1 Å². The van der Waals surface area contributed by atoms with Gasteiger partial charge in [-0.05, 0) is 43.0 Å². The second kappa shape index (κ2) is 10.0. The molecule has 4 nitrogen and oxygen atoms in total. The van der Waals surface area contributed by atoms with Gasteiger partial charge in [-0.15, -0.1) is 0 Å². The Morgan fingerprint density at radius 2 is 1.92 bits per heavy atom. The summed E-state index contributed by atoms with van der Waals surface area (Å²) in [4.78, 5) is 13.1. The van der Waals surface area contributed by atoms with Crippen LogP contribution in [0.1, 0.15) is 55.3 Å². The summed E-state index contributed by atoms with van der Waals surface area (Å²) in [6, 6.07) is 12.5. The van der Waals surface area contributed by atoms with Gasteiger partial charge < -0.3 is 9.52 Å². The first kappa shape index (κ1) is 19.3. The minimum absolute atomic E-state index is 0.135. The number of carboxylic acid groups (broad SMARTS) is 1. The smallest absolute Gasteiger partial charge is 0.304 e. The average molecular weight is 343 g/mol. The number of benzene rings is 1. The van der Waals surface area contributed by atoms with Crippen molar-refractivity contribution in [2.75, 3.05) is 6.54 Å². The van der Waals surface area contributed by atoms with Crippen molar-refractivity contribution in [2.45, 2.75) is 59.0 Å². The summed E-state index contributed by atoms with van der Waals surface area (Å²) in [7, 11) is 0. The van der Waals surface area contributed by atoms with Crippen LogP contribution in [0.5, 0.6) is 0 Å². The van der Waals surface area contributed by atoms with Gasteiger partial charge in [-0.1, -0.05) is 44.0 Å². The maximum atomic E-state index is 11.0. The largest absolute Gasteiger partial charge is 0.481 e. The second-order valence-corrected chi connectivity index (χ2v) is 6.64. The Morgan fingerprint density at radius 1 is 1.12 bits per heavy atom. The molecule has 1 aromatic carbocycles. The van der Waals surface area contributed by atoms with Crippen LogP contribution in [0.25, 0.3) is 0 Å². The molecule has 136 valence electrons. The lowest BCUT2D eigenvalue weighted by molar-refractivity contribution is -0.137. The molecule has 0 atom stereocenters. The molecule has 1 N–H and O–H groups in total. The van der Waals surface area contributed by atoms with E-state index in [0.29, 0.717) is 13.1 Å². The van der Waals surface area contributed by atoms with Crippen molar-refractivity contribution in [1.82, 2.24) is 4.90 Å². The molecule has 2 aromatic rings. The van der Waals surface area contributed by atoms with Gasteiger partial charge >= 0.3 is 5.97 Å². The van der Waals surface area contributed by atoms with Crippen molar-refractivity contribution in [2.24, 2.45) is 0 Å². The van der Waals surface area contributed by atoms with E-state index in [4.69, 9.17) is 9.52 Å². The zero-order valence-electron chi connectivity index (χ0n) is 15.3. The molecule has 0 spiro atoms. The number of aliphatic carboxylic acids is 1. The van der Waals surface area contributed by atoms with Crippen molar-refractivity contribution in [3.8, 4) is 0 Å². The molecule has 0 aliphatic rings. The Morgan fingerprint density at radius 3 is 2.60 bits per heavy atom. The molecule has 0 fully saturated rings. The van der Waals surface area contributed by atoms with Gasteiger partial charge in [0, 0.05) is 13.1 Å². The van der Waals surface area contributed by atoms with E-state index in [9.17, 15) is 4.79 Å². The summed E-state index contributed by atoms with van der Waals surface area (Å²) in [6.07, 6.45) is 4.94. The van der Waals surface area contributed by atoms with E-state index in [2.05, 4.69) is 36.1 Å². The molecule has 0 saturated heterocycles. The van der Waals surface area contributed by atoms with E-state index in [1.165, 1.54) is 30.4 Å². The third-order valence-electron chi connectivity index (χ3n) is 4.28. The zero-order valence-corrected chi connectivity index (χ0v) is 15.3. The molecule has 0 radical (unpaired) electrons. The maximum absolute atomic E-state index is 11.0. The van der Waals surface area contributed by atoms with Gasteiger partial charge in [-0.25, -0.2) is 0 Å². The zero-order chi connectivity index (χ0) is 18.1. The predicted molar refractivity (Wildman–Crippen MR) is 99.5 cm³/mol. The first-order valence-electron chi connectivity index (χ1n) is 9.14. The first-order chi connectivity index (χ1) is 12.1. The van der Waals surface area contributed by atoms with Crippen LogP contribution in [0, 0.1) is 6.92 Å². The lowest BCUT2D eigenvalue weighted by atomic mass is 10.0. The van der Waals surface area contributed by atoms with Crippen molar-refractivity contribution < 1.29 is 14.3 Å². The second-order valence-electron chi connectivity index (χ2n) is 6.64. The van der Waals surface area contributed by atoms with Crippen LogP contribution in [0.3, 0.4) is 0 Å². The van der Waals surface area contributed by atoms with Crippen molar-refractivity contribution >= 4 is 5.97 Å². The van der Waals surface area contributed by atoms with Crippen LogP contribution in [0.15, 0.2) is 40.8 Å². The van der Waals surface area contributed by atoms with Crippen LogP contribution in [-0.4, -0.2) is 22.5 Å². The van der Waals surface area contributed by atoms with E-state index in [0.717, 1.165) is 24.5 Å². The van der Waals surface area contributed by atoms with Gasteiger partial charge in [0.15, 0.2) is 0 Å². The number of hydrogen-bond acceptors (Lipinski definition) is 3. The van der Waals surface area contributed by atoms with E-state index in [1.54, 1.807) is 0 Å². The summed E-state index contributed by atoms with van der Waals surface area (Å²) in [6.45, 7) is 6.00. The molecule has 1 heterocycles. The number of nitrogens with zero attached hydrogens (tertiary/aromatic N) is 1. The van der Waals surface area contributed by atoms with Gasteiger partial charge in [0.05, 0.1) is 13.0 Å². The molecule has 0 aliphatic heterocycles. The number of carbonyl (C=O) groups is 1. The molecule has 2 rings (SSSR count). The Labute approximate surface area is 150 Å². The summed E-state index contributed by atoms with van der Waals surface area (Å²) < 4.78 is 5.66. The summed E-state index contributed by atoms with van der Waals surface area (Å²) >= 11 is 0. The van der Waals surface area contributed by atoms with E-state index >= 15 is 0 Å². The number of rotatable bonds is 11. The van der Waals surface area contributed by atoms with Gasteiger partial charge in [0.2, 0.25) is 0 Å².